The highest BCUT2D eigenvalue weighted by Crippen LogP contribution is 2.22. The smallest absolute Gasteiger partial charge is 0.125 e. The van der Waals surface area contributed by atoms with Gasteiger partial charge in [0.1, 0.15) is 12.4 Å². The SMILES string of the molecule is CCN(CCCl)CCOc1c(C)cccc1C.Cl. The van der Waals surface area contributed by atoms with Gasteiger partial charge >= 0.3 is 0 Å². The summed E-state index contributed by atoms with van der Waals surface area (Å²) in [5, 5.41) is 0. The highest BCUT2D eigenvalue weighted by molar-refractivity contribution is 6.18. The number of likely N-dealkylation sites (N-methyl/N-ethyl adjacent to an activating group) is 1. The van der Waals surface area contributed by atoms with E-state index in [9.17, 15) is 0 Å². The van der Waals surface area contributed by atoms with Crippen LogP contribution in [0.2, 0.25) is 0 Å². The molecule has 0 N–H and O–H groups in total. The molecule has 1 rings (SSSR count). The van der Waals surface area contributed by atoms with Crippen LogP contribution in [-0.2, 0) is 0 Å². The highest BCUT2D eigenvalue weighted by atomic mass is 35.5. The second-order valence-corrected chi connectivity index (χ2v) is 4.57. The maximum absolute atomic E-state index is 5.86. The van der Waals surface area contributed by atoms with E-state index in [1.807, 2.05) is 0 Å². The van der Waals surface area contributed by atoms with E-state index < -0.39 is 0 Å². The molecule has 0 atom stereocenters. The van der Waals surface area contributed by atoms with Crippen molar-refractivity contribution in [2.45, 2.75) is 20.8 Å². The summed E-state index contributed by atoms with van der Waals surface area (Å²) < 4.78 is 5.86. The molecule has 0 fully saturated rings. The Balaban J connectivity index is 0.00000289. The number of hydrogen-bond donors (Lipinski definition) is 0. The lowest BCUT2D eigenvalue weighted by Crippen LogP contribution is -2.30. The number of halogens is 2. The van der Waals surface area contributed by atoms with E-state index in [-0.39, 0.29) is 12.4 Å². The van der Waals surface area contributed by atoms with Crippen molar-refractivity contribution in [1.29, 1.82) is 0 Å². The molecule has 0 heterocycles. The Bertz CT molecular complexity index is 324. The zero-order valence-electron chi connectivity index (χ0n) is 11.4. The zero-order chi connectivity index (χ0) is 12.7. The number of hydrogen-bond acceptors (Lipinski definition) is 2. The van der Waals surface area contributed by atoms with Gasteiger partial charge in [-0.05, 0) is 31.5 Å². The predicted molar refractivity (Wildman–Crippen MR) is 81.5 cm³/mol. The molecular weight excluding hydrogens is 269 g/mol. The number of rotatable bonds is 7. The molecule has 1 aromatic rings. The summed E-state index contributed by atoms with van der Waals surface area (Å²) >= 11 is 5.74. The number of benzene rings is 1. The van der Waals surface area contributed by atoms with Gasteiger partial charge in [0.2, 0.25) is 0 Å². The lowest BCUT2D eigenvalue weighted by Gasteiger charge is -2.20. The molecule has 4 heteroatoms. The van der Waals surface area contributed by atoms with E-state index in [0.717, 1.165) is 32.0 Å². The Morgan fingerprint density at radius 3 is 2.28 bits per heavy atom. The minimum Gasteiger partial charge on any atom is -0.492 e. The summed E-state index contributed by atoms with van der Waals surface area (Å²) in [6.45, 7) is 9.90. The normalized spacial score (nSPS) is 10.3. The van der Waals surface area contributed by atoms with Crippen LogP contribution in [0.15, 0.2) is 18.2 Å². The maximum atomic E-state index is 5.86. The van der Waals surface area contributed by atoms with Gasteiger partial charge in [0.05, 0.1) is 0 Å². The highest BCUT2D eigenvalue weighted by Gasteiger charge is 2.05. The van der Waals surface area contributed by atoms with Gasteiger partial charge in [-0.25, -0.2) is 0 Å². The van der Waals surface area contributed by atoms with E-state index in [2.05, 4.69) is 43.9 Å². The first-order valence-corrected chi connectivity index (χ1v) is 6.69. The Kier molecular flexibility index (Phi) is 9.25. The van der Waals surface area contributed by atoms with Gasteiger partial charge < -0.3 is 4.74 Å². The molecule has 1 aromatic carbocycles. The first kappa shape index (κ1) is 17.6. The fourth-order valence-electron chi connectivity index (χ4n) is 1.85. The van der Waals surface area contributed by atoms with Crippen LogP contribution in [-0.4, -0.2) is 37.0 Å². The van der Waals surface area contributed by atoms with E-state index in [4.69, 9.17) is 16.3 Å². The van der Waals surface area contributed by atoms with Gasteiger partial charge in [0.15, 0.2) is 0 Å². The molecular formula is C14H23Cl2NO. The molecule has 0 bridgehead atoms. The van der Waals surface area contributed by atoms with Crippen LogP contribution in [0, 0.1) is 13.8 Å². The van der Waals surface area contributed by atoms with Gasteiger partial charge in [0, 0.05) is 19.0 Å². The van der Waals surface area contributed by atoms with Gasteiger partial charge in [-0.1, -0.05) is 25.1 Å². The molecule has 0 radical (unpaired) electrons. The van der Waals surface area contributed by atoms with Crippen molar-refractivity contribution < 1.29 is 4.74 Å². The molecule has 0 aromatic heterocycles. The summed E-state index contributed by atoms with van der Waals surface area (Å²) in [5.41, 5.74) is 2.40. The first-order chi connectivity index (χ1) is 8.19. The Morgan fingerprint density at radius 1 is 1.17 bits per heavy atom. The van der Waals surface area contributed by atoms with Crippen molar-refractivity contribution in [3.05, 3.63) is 29.3 Å². The maximum Gasteiger partial charge on any atom is 0.125 e. The van der Waals surface area contributed by atoms with Crippen molar-refractivity contribution in [3.63, 3.8) is 0 Å². The number of para-hydroxylation sites is 1. The molecule has 2 nitrogen and oxygen atoms in total. The van der Waals surface area contributed by atoms with Crippen molar-refractivity contribution >= 4 is 24.0 Å². The number of ether oxygens (including phenoxy) is 1. The van der Waals surface area contributed by atoms with Crippen LogP contribution in [0.25, 0.3) is 0 Å². The number of nitrogens with zero attached hydrogens (tertiary/aromatic N) is 1. The molecule has 0 saturated heterocycles. The molecule has 0 aliphatic heterocycles. The predicted octanol–water partition coefficient (Wildman–Crippen LogP) is 3.66. The quantitative estimate of drug-likeness (QED) is 0.711. The molecule has 104 valence electrons. The average Bonchev–Trinajstić information content (AvgIpc) is 2.31. The molecule has 0 aliphatic rings. The summed E-state index contributed by atoms with van der Waals surface area (Å²) in [5.74, 6) is 1.70. The third kappa shape index (κ3) is 5.47. The lowest BCUT2D eigenvalue weighted by atomic mass is 10.1. The summed E-state index contributed by atoms with van der Waals surface area (Å²) in [4.78, 5) is 2.29. The van der Waals surface area contributed by atoms with Crippen LogP contribution in [0.5, 0.6) is 5.75 Å². The van der Waals surface area contributed by atoms with Crippen LogP contribution < -0.4 is 4.74 Å². The van der Waals surface area contributed by atoms with Crippen LogP contribution in [0.4, 0.5) is 0 Å². The van der Waals surface area contributed by atoms with Crippen LogP contribution >= 0.6 is 24.0 Å². The molecule has 0 unspecified atom stereocenters. The monoisotopic (exact) mass is 291 g/mol. The number of alkyl halides is 1. The van der Waals surface area contributed by atoms with Gasteiger partial charge in [-0.3, -0.25) is 4.90 Å². The Labute approximate surface area is 122 Å². The summed E-state index contributed by atoms with van der Waals surface area (Å²) in [7, 11) is 0. The van der Waals surface area contributed by atoms with E-state index in [1.54, 1.807) is 0 Å². The summed E-state index contributed by atoms with van der Waals surface area (Å²) in [6.07, 6.45) is 0. The molecule has 0 aliphatic carbocycles. The van der Waals surface area contributed by atoms with Gasteiger partial charge in [-0.2, -0.15) is 0 Å². The molecule has 0 saturated carbocycles. The van der Waals surface area contributed by atoms with E-state index >= 15 is 0 Å². The van der Waals surface area contributed by atoms with Gasteiger partial charge in [-0.15, -0.1) is 24.0 Å². The summed E-state index contributed by atoms with van der Waals surface area (Å²) in [6, 6.07) is 6.22. The third-order valence-electron chi connectivity index (χ3n) is 2.91. The second-order valence-electron chi connectivity index (χ2n) is 4.19. The Morgan fingerprint density at radius 2 is 1.78 bits per heavy atom. The van der Waals surface area contributed by atoms with Crippen molar-refractivity contribution in [2.75, 3.05) is 32.1 Å². The minimum atomic E-state index is 0. The largest absolute Gasteiger partial charge is 0.492 e. The van der Waals surface area contributed by atoms with Crippen molar-refractivity contribution in [1.82, 2.24) is 4.90 Å². The average molecular weight is 292 g/mol. The zero-order valence-corrected chi connectivity index (χ0v) is 13.0. The van der Waals surface area contributed by atoms with Gasteiger partial charge in [0.25, 0.3) is 0 Å². The fraction of sp³-hybridized carbons (Fsp3) is 0.571. The van der Waals surface area contributed by atoms with E-state index in [0.29, 0.717) is 5.88 Å². The standard InChI is InChI=1S/C14H22ClNO.ClH/c1-4-16(9-8-15)10-11-17-14-12(2)6-5-7-13(14)3;/h5-7H,4,8-11H2,1-3H3;1H. The fourth-order valence-corrected chi connectivity index (χ4v) is 2.09. The molecule has 0 spiro atoms. The topological polar surface area (TPSA) is 12.5 Å². The van der Waals surface area contributed by atoms with Crippen LogP contribution in [0.1, 0.15) is 18.1 Å². The minimum absolute atomic E-state index is 0. The van der Waals surface area contributed by atoms with Crippen molar-refractivity contribution in [3.8, 4) is 5.75 Å². The third-order valence-corrected chi connectivity index (χ3v) is 3.08. The van der Waals surface area contributed by atoms with Crippen molar-refractivity contribution in [2.24, 2.45) is 0 Å². The number of aryl methyl sites for hydroxylation is 2. The lowest BCUT2D eigenvalue weighted by molar-refractivity contribution is 0.222. The Hall–Kier alpha value is -0.440. The first-order valence-electron chi connectivity index (χ1n) is 6.16. The molecule has 18 heavy (non-hydrogen) atoms. The molecule has 0 amide bonds. The second kappa shape index (κ2) is 9.48. The van der Waals surface area contributed by atoms with E-state index in [1.165, 1.54) is 11.1 Å². The van der Waals surface area contributed by atoms with Crippen LogP contribution in [0.3, 0.4) is 0 Å².